The highest BCUT2D eigenvalue weighted by Gasteiger charge is 2.04. The van der Waals surface area contributed by atoms with Gasteiger partial charge in [-0.05, 0) is 37.6 Å². The first kappa shape index (κ1) is 20.9. The maximum atomic E-state index is 5.69. The van der Waals surface area contributed by atoms with Gasteiger partial charge in [-0.1, -0.05) is 24.3 Å². The summed E-state index contributed by atoms with van der Waals surface area (Å²) < 4.78 is 7.64. The number of aliphatic imine (C=N–C) groups is 1. The van der Waals surface area contributed by atoms with Gasteiger partial charge in [-0.2, -0.15) is 0 Å². The summed E-state index contributed by atoms with van der Waals surface area (Å²) in [6.45, 7) is 4.74. The van der Waals surface area contributed by atoms with Gasteiger partial charge >= 0.3 is 0 Å². The summed E-state index contributed by atoms with van der Waals surface area (Å²) in [4.78, 5) is 4.59. The van der Waals surface area contributed by atoms with Crippen molar-refractivity contribution in [3.8, 4) is 5.75 Å². The van der Waals surface area contributed by atoms with Crippen LogP contribution in [0.5, 0.6) is 5.75 Å². The highest BCUT2D eigenvalue weighted by molar-refractivity contribution is 14.0. The van der Waals surface area contributed by atoms with Crippen LogP contribution >= 0.6 is 24.0 Å². The number of pyridine rings is 1. The second-order valence-electron chi connectivity index (χ2n) is 5.68. The fourth-order valence-electron chi connectivity index (χ4n) is 2.48. The Balaban J connectivity index is 0.00000261. The van der Waals surface area contributed by atoms with E-state index in [0.717, 1.165) is 42.7 Å². The van der Waals surface area contributed by atoms with Crippen molar-refractivity contribution in [2.24, 2.45) is 4.99 Å². The van der Waals surface area contributed by atoms with Crippen LogP contribution in [0.15, 0.2) is 59.7 Å². The lowest BCUT2D eigenvalue weighted by Crippen LogP contribution is -2.38. The van der Waals surface area contributed by atoms with E-state index in [0.29, 0.717) is 13.2 Å². The van der Waals surface area contributed by atoms with Gasteiger partial charge in [-0.3, -0.25) is 4.40 Å². The van der Waals surface area contributed by atoms with E-state index < -0.39 is 0 Å². The molecule has 0 bridgehead atoms. The van der Waals surface area contributed by atoms with E-state index in [4.69, 9.17) is 4.74 Å². The molecule has 8 heteroatoms. The molecule has 0 saturated carbocycles. The second-order valence-corrected chi connectivity index (χ2v) is 5.68. The molecule has 2 heterocycles. The van der Waals surface area contributed by atoms with Gasteiger partial charge in [0.2, 0.25) is 0 Å². The van der Waals surface area contributed by atoms with Crippen LogP contribution in [0.4, 0.5) is 0 Å². The zero-order valence-electron chi connectivity index (χ0n) is 15.3. The minimum absolute atomic E-state index is 0. The predicted octanol–water partition coefficient (Wildman–Crippen LogP) is 2.87. The first-order chi connectivity index (χ1) is 12.9. The molecule has 0 aliphatic rings. The molecule has 3 rings (SSSR count). The van der Waals surface area contributed by atoms with E-state index in [9.17, 15) is 0 Å². The average molecular weight is 480 g/mol. The van der Waals surface area contributed by atoms with Gasteiger partial charge in [-0.25, -0.2) is 4.99 Å². The largest absolute Gasteiger partial charge is 0.494 e. The zero-order chi connectivity index (χ0) is 18.0. The Morgan fingerprint density at radius 2 is 1.89 bits per heavy atom. The Morgan fingerprint density at radius 3 is 2.70 bits per heavy atom. The van der Waals surface area contributed by atoms with Gasteiger partial charge in [0.15, 0.2) is 17.4 Å². The summed E-state index contributed by atoms with van der Waals surface area (Å²) >= 11 is 0. The molecular weight excluding hydrogens is 455 g/mol. The minimum Gasteiger partial charge on any atom is -0.494 e. The molecular formula is C19H25IN6O. The van der Waals surface area contributed by atoms with Crippen LogP contribution in [0, 0.1) is 0 Å². The fourth-order valence-corrected chi connectivity index (χ4v) is 2.48. The average Bonchev–Trinajstić information content (AvgIpc) is 3.10. The number of benzene rings is 1. The molecule has 27 heavy (non-hydrogen) atoms. The number of para-hydroxylation sites is 1. The molecule has 0 spiro atoms. The molecule has 0 aliphatic carbocycles. The molecule has 0 unspecified atom stereocenters. The number of hydrogen-bond acceptors (Lipinski definition) is 4. The maximum absolute atomic E-state index is 5.69. The summed E-state index contributed by atoms with van der Waals surface area (Å²) in [6.07, 6.45) is 2.83. The SMILES string of the molecule is CCNC(=NCc1nnc2ccccn12)NCCCOc1ccccc1.I. The molecule has 0 aliphatic heterocycles. The van der Waals surface area contributed by atoms with Crippen molar-refractivity contribution in [1.82, 2.24) is 25.2 Å². The third-order valence-electron chi connectivity index (χ3n) is 3.73. The van der Waals surface area contributed by atoms with Crippen LogP contribution in [-0.4, -0.2) is 40.3 Å². The number of nitrogens with one attached hydrogen (secondary N) is 2. The normalized spacial score (nSPS) is 11.1. The fraction of sp³-hybridized carbons (Fsp3) is 0.316. The lowest BCUT2D eigenvalue weighted by Gasteiger charge is -2.11. The van der Waals surface area contributed by atoms with Crippen LogP contribution in [0.3, 0.4) is 0 Å². The van der Waals surface area contributed by atoms with Crippen molar-refractivity contribution in [3.05, 3.63) is 60.6 Å². The lowest BCUT2D eigenvalue weighted by molar-refractivity contribution is 0.311. The van der Waals surface area contributed by atoms with E-state index in [2.05, 4.69) is 25.8 Å². The van der Waals surface area contributed by atoms with Crippen LogP contribution in [0.1, 0.15) is 19.2 Å². The van der Waals surface area contributed by atoms with Crippen LogP contribution in [-0.2, 0) is 6.54 Å². The number of fused-ring (bicyclic) bond motifs is 1. The zero-order valence-corrected chi connectivity index (χ0v) is 17.7. The molecule has 0 atom stereocenters. The third-order valence-corrected chi connectivity index (χ3v) is 3.73. The minimum atomic E-state index is 0. The monoisotopic (exact) mass is 480 g/mol. The molecule has 0 saturated heterocycles. The number of aromatic nitrogens is 3. The quantitative estimate of drug-likeness (QED) is 0.225. The lowest BCUT2D eigenvalue weighted by atomic mass is 10.3. The van der Waals surface area contributed by atoms with Crippen molar-refractivity contribution in [2.75, 3.05) is 19.7 Å². The van der Waals surface area contributed by atoms with E-state index >= 15 is 0 Å². The molecule has 0 radical (unpaired) electrons. The van der Waals surface area contributed by atoms with E-state index in [-0.39, 0.29) is 24.0 Å². The van der Waals surface area contributed by atoms with Crippen molar-refractivity contribution in [2.45, 2.75) is 19.9 Å². The first-order valence-electron chi connectivity index (χ1n) is 8.85. The van der Waals surface area contributed by atoms with Crippen molar-refractivity contribution in [1.29, 1.82) is 0 Å². The van der Waals surface area contributed by atoms with Gasteiger partial charge in [0, 0.05) is 19.3 Å². The van der Waals surface area contributed by atoms with Gasteiger partial charge in [0.25, 0.3) is 0 Å². The number of rotatable bonds is 8. The van der Waals surface area contributed by atoms with E-state index in [1.54, 1.807) is 0 Å². The Hall–Kier alpha value is -2.36. The van der Waals surface area contributed by atoms with Crippen LogP contribution in [0.25, 0.3) is 5.65 Å². The molecule has 0 fully saturated rings. The number of ether oxygens (including phenoxy) is 1. The number of hydrogen-bond donors (Lipinski definition) is 2. The summed E-state index contributed by atoms with van der Waals surface area (Å²) in [6, 6.07) is 15.7. The molecule has 2 N–H and O–H groups in total. The highest BCUT2D eigenvalue weighted by Crippen LogP contribution is 2.08. The summed E-state index contributed by atoms with van der Waals surface area (Å²) in [5.41, 5.74) is 0.828. The van der Waals surface area contributed by atoms with Gasteiger partial charge in [0.1, 0.15) is 12.3 Å². The van der Waals surface area contributed by atoms with Gasteiger partial charge in [0.05, 0.1) is 6.61 Å². The molecule has 3 aromatic rings. The standard InChI is InChI=1S/C19H24N6O.HI/c1-2-20-19(21-12-8-14-26-16-9-4-3-5-10-16)22-15-18-24-23-17-11-6-7-13-25(17)18;/h3-7,9-11,13H,2,8,12,14-15H2,1H3,(H2,20,21,22);1H. The Bertz CT molecular complexity index is 836. The molecule has 7 nitrogen and oxygen atoms in total. The topological polar surface area (TPSA) is 75.8 Å². The Morgan fingerprint density at radius 1 is 1.07 bits per heavy atom. The summed E-state index contributed by atoms with van der Waals surface area (Å²) in [5.74, 6) is 2.47. The van der Waals surface area contributed by atoms with Crippen molar-refractivity contribution in [3.63, 3.8) is 0 Å². The number of nitrogens with zero attached hydrogens (tertiary/aromatic N) is 4. The van der Waals surface area contributed by atoms with Gasteiger partial charge < -0.3 is 15.4 Å². The summed E-state index contributed by atoms with van der Waals surface area (Å²) in [5, 5.41) is 14.9. The Labute approximate surface area is 176 Å². The molecule has 1 aromatic carbocycles. The predicted molar refractivity (Wildman–Crippen MR) is 118 cm³/mol. The molecule has 144 valence electrons. The van der Waals surface area contributed by atoms with E-state index in [1.165, 1.54) is 0 Å². The third kappa shape index (κ3) is 6.38. The highest BCUT2D eigenvalue weighted by atomic mass is 127. The maximum Gasteiger partial charge on any atom is 0.191 e. The Kier molecular flexibility index (Phi) is 8.82. The smallest absolute Gasteiger partial charge is 0.191 e. The van der Waals surface area contributed by atoms with Crippen molar-refractivity contribution >= 4 is 35.6 Å². The number of halogens is 1. The molecule has 2 aromatic heterocycles. The van der Waals surface area contributed by atoms with Gasteiger partial charge in [-0.15, -0.1) is 34.2 Å². The summed E-state index contributed by atoms with van der Waals surface area (Å²) in [7, 11) is 0. The first-order valence-corrected chi connectivity index (χ1v) is 8.85. The molecule has 0 amide bonds. The van der Waals surface area contributed by atoms with Crippen LogP contribution < -0.4 is 15.4 Å². The number of guanidine groups is 1. The second kappa shape index (κ2) is 11.4. The van der Waals surface area contributed by atoms with E-state index in [1.807, 2.05) is 66.1 Å². The van der Waals surface area contributed by atoms with Crippen LogP contribution in [0.2, 0.25) is 0 Å². The van der Waals surface area contributed by atoms with Crippen molar-refractivity contribution < 1.29 is 4.74 Å².